The first-order valence-electron chi connectivity index (χ1n) is 16.9. The van der Waals surface area contributed by atoms with Crippen molar-refractivity contribution in [3.8, 4) is 34.4 Å². The number of imidazole rings is 2. The lowest BCUT2D eigenvalue weighted by atomic mass is 9.35. The molecule has 0 amide bonds. The molecule has 12 rings (SSSR count). The van der Waals surface area contributed by atoms with Crippen molar-refractivity contribution in [1.29, 1.82) is 0 Å². The van der Waals surface area contributed by atoms with Crippen LogP contribution < -0.4 is 25.9 Å². The van der Waals surface area contributed by atoms with Gasteiger partial charge in [0.2, 0.25) is 5.78 Å². The highest BCUT2D eigenvalue weighted by Gasteiger charge is 2.40. The van der Waals surface area contributed by atoms with Crippen molar-refractivity contribution < 1.29 is 9.47 Å². The molecule has 0 unspecified atom stereocenters. The molecule has 232 valence electrons. The second-order valence-electron chi connectivity index (χ2n) is 13.2. The minimum absolute atomic E-state index is 0.0201. The van der Waals surface area contributed by atoms with Gasteiger partial charge in [-0.1, -0.05) is 91.0 Å². The molecule has 5 heterocycles. The maximum absolute atomic E-state index is 6.74. The lowest BCUT2D eigenvalue weighted by molar-refractivity contribution is 0.464. The third kappa shape index (κ3) is 3.31. The molecule has 6 nitrogen and oxygen atoms in total. The second kappa shape index (κ2) is 9.46. The van der Waals surface area contributed by atoms with E-state index in [1.807, 2.05) is 18.2 Å². The minimum Gasteiger partial charge on any atom is -0.458 e. The average molecular weight is 641 g/mol. The van der Waals surface area contributed by atoms with Gasteiger partial charge in [0.25, 0.3) is 6.71 Å². The minimum atomic E-state index is 0.0201. The molecule has 0 N–H and O–H groups in total. The highest BCUT2D eigenvalue weighted by molar-refractivity contribution is 6.98. The fourth-order valence-corrected chi connectivity index (χ4v) is 8.55. The molecule has 0 saturated heterocycles. The third-order valence-corrected chi connectivity index (χ3v) is 10.6. The monoisotopic (exact) mass is 640 g/mol. The van der Waals surface area contributed by atoms with E-state index < -0.39 is 0 Å². The number of nitrogens with zero attached hydrogens (tertiary/aromatic N) is 4. The summed E-state index contributed by atoms with van der Waals surface area (Å²) in [6, 6.07) is 53.3. The zero-order valence-corrected chi connectivity index (χ0v) is 26.6. The lowest BCUT2D eigenvalue weighted by Crippen LogP contribution is -2.57. The predicted octanol–water partition coefficient (Wildman–Crippen LogP) is 8.26. The van der Waals surface area contributed by atoms with Crippen LogP contribution in [0.5, 0.6) is 23.0 Å². The first-order valence-corrected chi connectivity index (χ1v) is 16.9. The van der Waals surface area contributed by atoms with Gasteiger partial charge < -0.3 is 14.0 Å². The number of hydrogen-bond acceptors (Lipinski definition) is 3. The fourth-order valence-electron chi connectivity index (χ4n) is 8.55. The van der Waals surface area contributed by atoms with E-state index in [1.54, 1.807) is 0 Å². The molecular formula is C43H25BN4O2. The van der Waals surface area contributed by atoms with Gasteiger partial charge in [-0.15, -0.1) is 0 Å². The summed E-state index contributed by atoms with van der Waals surface area (Å²) in [6.07, 6.45) is 0. The molecule has 0 radical (unpaired) electrons. The maximum atomic E-state index is 6.74. The van der Waals surface area contributed by atoms with Gasteiger partial charge in [-0.2, -0.15) is 0 Å². The van der Waals surface area contributed by atoms with Crippen LogP contribution in [0.3, 0.4) is 0 Å². The van der Waals surface area contributed by atoms with Crippen LogP contribution >= 0.6 is 0 Å². The Hall–Kier alpha value is -6.73. The van der Waals surface area contributed by atoms with Gasteiger partial charge in [0.05, 0.1) is 44.5 Å². The van der Waals surface area contributed by atoms with Crippen LogP contribution in [0.4, 0.5) is 0 Å². The van der Waals surface area contributed by atoms with E-state index >= 15 is 0 Å². The van der Waals surface area contributed by atoms with Gasteiger partial charge in [0, 0.05) is 28.4 Å². The van der Waals surface area contributed by atoms with Gasteiger partial charge in [-0.25, -0.2) is 4.98 Å². The Balaban J connectivity index is 1.20. The van der Waals surface area contributed by atoms with E-state index in [4.69, 9.17) is 14.5 Å². The smallest absolute Gasteiger partial charge is 0.260 e. The van der Waals surface area contributed by atoms with Crippen molar-refractivity contribution in [2.45, 2.75) is 0 Å². The van der Waals surface area contributed by atoms with Crippen LogP contribution in [0.25, 0.3) is 61.0 Å². The third-order valence-electron chi connectivity index (χ3n) is 10.6. The molecule has 10 aromatic rings. The predicted molar refractivity (Wildman–Crippen MR) is 202 cm³/mol. The van der Waals surface area contributed by atoms with Crippen LogP contribution in [0.1, 0.15) is 0 Å². The molecule has 0 fully saturated rings. The Morgan fingerprint density at radius 2 is 1.08 bits per heavy atom. The zero-order chi connectivity index (χ0) is 32.5. The number of fused-ring (bicyclic) bond motifs is 12. The molecule has 0 atom stereocenters. The first kappa shape index (κ1) is 26.3. The number of hydrogen-bond donors (Lipinski definition) is 0. The summed E-state index contributed by atoms with van der Waals surface area (Å²) in [5.74, 6) is 4.25. The Morgan fingerprint density at radius 3 is 1.84 bits per heavy atom. The summed E-state index contributed by atoms with van der Waals surface area (Å²) in [5.41, 5.74) is 11.8. The van der Waals surface area contributed by atoms with Gasteiger partial charge in [0.1, 0.15) is 23.0 Å². The second-order valence-corrected chi connectivity index (χ2v) is 13.2. The highest BCUT2D eigenvalue weighted by atomic mass is 16.5. The Morgan fingerprint density at radius 1 is 0.480 bits per heavy atom. The molecular weight excluding hydrogens is 615 g/mol. The molecule has 2 aliphatic rings. The molecule has 50 heavy (non-hydrogen) atoms. The van der Waals surface area contributed by atoms with Crippen LogP contribution in [0.2, 0.25) is 0 Å². The highest BCUT2D eigenvalue weighted by Crippen LogP contribution is 2.42. The number of para-hydroxylation sites is 8. The molecule has 0 aliphatic carbocycles. The zero-order valence-electron chi connectivity index (χ0n) is 26.6. The number of benzene rings is 7. The van der Waals surface area contributed by atoms with Gasteiger partial charge >= 0.3 is 0 Å². The maximum Gasteiger partial charge on any atom is 0.260 e. The summed E-state index contributed by atoms with van der Waals surface area (Å²) in [7, 11) is 0. The van der Waals surface area contributed by atoms with Crippen molar-refractivity contribution >= 4 is 72.8 Å². The SMILES string of the molecule is c1ccc2c(c1)Oc1cc(-n3c4ccccc4c4cccc(-n5c6ccccc6n6c7ccccc7nc56)c43)cc3c1B2c1ccccc1O3. The Labute approximate surface area is 286 Å². The molecule has 0 spiro atoms. The number of rotatable bonds is 2. The quantitative estimate of drug-likeness (QED) is 0.179. The Kier molecular flexibility index (Phi) is 4.96. The van der Waals surface area contributed by atoms with Crippen molar-refractivity contribution in [2.24, 2.45) is 0 Å². The van der Waals surface area contributed by atoms with Crippen LogP contribution in [-0.4, -0.2) is 25.2 Å². The standard InChI is InChI=1S/C43H25BN4O2/c1-5-17-32-27(12-1)28-13-11-21-36(48-35-20-8-7-19-34(35)47-33-18-6-4-16-31(33)45-43(47)48)42(28)46(32)26-24-39-41-40(25-26)50-38-23-10-3-15-30(38)44(41)29-14-2-9-22-37(29)49-39/h1-25H. The summed E-state index contributed by atoms with van der Waals surface area (Å²) >= 11 is 0. The fraction of sp³-hybridized carbons (Fsp3) is 0. The van der Waals surface area contributed by atoms with E-state index in [9.17, 15) is 0 Å². The van der Waals surface area contributed by atoms with Crippen LogP contribution in [0.15, 0.2) is 152 Å². The average Bonchev–Trinajstić information content (AvgIpc) is 3.81. The molecule has 2 aliphatic heterocycles. The van der Waals surface area contributed by atoms with E-state index in [-0.39, 0.29) is 6.71 Å². The van der Waals surface area contributed by atoms with Crippen molar-refractivity contribution in [1.82, 2.24) is 18.5 Å². The van der Waals surface area contributed by atoms with E-state index in [0.717, 1.165) is 95.0 Å². The van der Waals surface area contributed by atoms with Crippen molar-refractivity contribution in [3.63, 3.8) is 0 Å². The van der Waals surface area contributed by atoms with Gasteiger partial charge in [0.15, 0.2) is 0 Å². The van der Waals surface area contributed by atoms with Crippen molar-refractivity contribution in [2.75, 3.05) is 0 Å². The van der Waals surface area contributed by atoms with E-state index in [0.29, 0.717) is 0 Å². The largest absolute Gasteiger partial charge is 0.458 e. The molecule has 3 aromatic heterocycles. The number of ether oxygens (including phenoxy) is 2. The first-order chi connectivity index (χ1) is 24.8. The van der Waals surface area contributed by atoms with Crippen LogP contribution in [0, 0.1) is 0 Å². The molecule has 7 aromatic carbocycles. The van der Waals surface area contributed by atoms with Gasteiger partial charge in [-0.3, -0.25) is 8.97 Å². The molecule has 7 heteroatoms. The van der Waals surface area contributed by atoms with Crippen LogP contribution in [-0.2, 0) is 0 Å². The molecule has 0 bridgehead atoms. The lowest BCUT2D eigenvalue weighted by Gasteiger charge is -2.33. The molecule has 0 saturated carbocycles. The normalized spacial score (nSPS) is 13.1. The summed E-state index contributed by atoms with van der Waals surface area (Å²) in [4.78, 5) is 5.21. The topological polar surface area (TPSA) is 45.6 Å². The summed E-state index contributed by atoms with van der Waals surface area (Å²) < 4.78 is 20.4. The number of aromatic nitrogens is 4. The van der Waals surface area contributed by atoms with Gasteiger partial charge in [-0.05, 0) is 59.5 Å². The Bertz CT molecular complexity index is 3010. The van der Waals surface area contributed by atoms with E-state index in [2.05, 4.69) is 147 Å². The summed E-state index contributed by atoms with van der Waals surface area (Å²) in [6.45, 7) is 0.0201. The van der Waals surface area contributed by atoms with E-state index in [1.165, 1.54) is 5.39 Å². The van der Waals surface area contributed by atoms with Crippen molar-refractivity contribution in [3.05, 3.63) is 152 Å². The summed E-state index contributed by atoms with van der Waals surface area (Å²) in [5, 5.41) is 2.33.